The standard InChI is InChI=1S/C25H25N5OS/c1-4-19-11-10-18(13-26-19)22-21-15(2)12-20-24(32-25(28-20)27-16(3)31)23(21)30(29-22)14-17-8-6-5-7-9-17/h5-11,13,15H,4,12,14H2,1-3H3,(H,27,28,31). The van der Waals surface area contributed by atoms with Crippen LogP contribution in [0.25, 0.3) is 21.8 Å². The van der Waals surface area contributed by atoms with Crippen LogP contribution in [0.4, 0.5) is 5.13 Å². The van der Waals surface area contributed by atoms with E-state index in [1.807, 2.05) is 12.3 Å². The second-order valence-electron chi connectivity index (χ2n) is 8.23. The molecule has 0 saturated carbocycles. The molecule has 1 aliphatic carbocycles. The number of aryl methyl sites for hydroxylation is 1. The van der Waals surface area contributed by atoms with Gasteiger partial charge in [0.25, 0.3) is 0 Å². The van der Waals surface area contributed by atoms with E-state index in [1.54, 1.807) is 0 Å². The predicted octanol–water partition coefficient (Wildman–Crippen LogP) is 5.30. The number of thiazole rings is 1. The monoisotopic (exact) mass is 443 g/mol. The van der Waals surface area contributed by atoms with E-state index in [0.29, 0.717) is 11.7 Å². The van der Waals surface area contributed by atoms with E-state index in [2.05, 4.69) is 65.2 Å². The Hall–Kier alpha value is -3.32. The van der Waals surface area contributed by atoms with Crippen LogP contribution in [0.2, 0.25) is 0 Å². The minimum atomic E-state index is -0.107. The van der Waals surface area contributed by atoms with Crippen LogP contribution in [0, 0.1) is 0 Å². The van der Waals surface area contributed by atoms with Gasteiger partial charge >= 0.3 is 0 Å². The maximum Gasteiger partial charge on any atom is 0.223 e. The van der Waals surface area contributed by atoms with Gasteiger partial charge in [0.15, 0.2) is 5.13 Å². The first kappa shape index (κ1) is 20.6. The third-order valence-corrected chi connectivity index (χ3v) is 6.83. The van der Waals surface area contributed by atoms with E-state index in [9.17, 15) is 4.79 Å². The number of pyridine rings is 1. The number of carbonyl (C=O) groups excluding carboxylic acids is 1. The molecule has 3 aromatic heterocycles. The number of carbonyl (C=O) groups is 1. The molecular weight excluding hydrogens is 418 g/mol. The van der Waals surface area contributed by atoms with E-state index in [1.165, 1.54) is 29.4 Å². The van der Waals surface area contributed by atoms with Crippen molar-refractivity contribution in [2.75, 3.05) is 5.32 Å². The molecule has 1 aromatic carbocycles. The highest BCUT2D eigenvalue weighted by molar-refractivity contribution is 7.19. The van der Waals surface area contributed by atoms with Gasteiger partial charge in [-0.3, -0.25) is 14.5 Å². The van der Waals surface area contributed by atoms with Crippen LogP contribution in [-0.4, -0.2) is 25.7 Å². The molecule has 0 radical (unpaired) electrons. The van der Waals surface area contributed by atoms with Gasteiger partial charge in [-0.05, 0) is 36.5 Å². The summed E-state index contributed by atoms with van der Waals surface area (Å²) in [5.74, 6) is 0.153. The first-order valence-electron chi connectivity index (χ1n) is 10.9. The van der Waals surface area contributed by atoms with Gasteiger partial charge in [0.05, 0.1) is 28.5 Å². The molecule has 32 heavy (non-hydrogen) atoms. The van der Waals surface area contributed by atoms with Crippen LogP contribution < -0.4 is 5.32 Å². The molecule has 7 heteroatoms. The average molecular weight is 444 g/mol. The van der Waals surface area contributed by atoms with Crippen molar-refractivity contribution in [3.63, 3.8) is 0 Å². The van der Waals surface area contributed by atoms with Crippen molar-refractivity contribution in [1.82, 2.24) is 19.7 Å². The predicted molar refractivity (Wildman–Crippen MR) is 128 cm³/mol. The minimum Gasteiger partial charge on any atom is -0.302 e. The number of nitrogens with one attached hydrogen (secondary N) is 1. The van der Waals surface area contributed by atoms with Crippen molar-refractivity contribution in [3.05, 3.63) is 71.2 Å². The second-order valence-corrected chi connectivity index (χ2v) is 9.23. The quantitative estimate of drug-likeness (QED) is 0.454. The molecule has 1 atom stereocenters. The molecule has 0 saturated heterocycles. The summed E-state index contributed by atoms with van der Waals surface area (Å²) < 4.78 is 2.10. The van der Waals surface area contributed by atoms with Gasteiger partial charge in [-0.1, -0.05) is 55.5 Å². The van der Waals surface area contributed by atoms with Gasteiger partial charge in [-0.2, -0.15) is 5.10 Å². The lowest BCUT2D eigenvalue weighted by atomic mass is 9.86. The highest BCUT2D eigenvalue weighted by Gasteiger charge is 2.33. The van der Waals surface area contributed by atoms with E-state index >= 15 is 0 Å². The Bertz CT molecular complexity index is 1270. The van der Waals surface area contributed by atoms with Gasteiger partial charge in [0.2, 0.25) is 5.91 Å². The Balaban J connectivity index is 1.68. The normalized spacial score (nSPS) is 14.7. The third kappa shape index (κ3) is 3.73. The summed E-state index contributed by atoms with van der Waals surface area (Å²) in [5.41, 5.74) is 7.65. The lowest BCUT2D eigenvalue weighted by Gasteiger charge is -2.20. The van der Waals surface area contributed by atoms with Crippen molar-refractivity contribution in [2.45, 2.75) is 46.1 Å². The van der Waals surface area contributed by atoms with Gasteiger partial charge in [0.1, 0.15) is 0 Å². The van der Waals surface area contributed by atoms with E-state index in [-0.39, 0.29) is 11.8 Å². The molecule has 162 valence electrons. The summed E-state index contributed by atoms with van der Waals surface area (Å²) >= 11 is 1.53. The summed E-state index contributed by atoms with van der Waals surface area (Å²) in [6.07, 6.45) is 3.67. The fourth-order valence-electron chi connectivity index (χ4n) is 4.31. The van der Waals surface area contributed by atoms with Crippen LogP contribution >= 0.6 is 11.3 Å². The largest absolute Gasteiger partial charge is 0.302 e. The van der Waals surface area contributed by atoms with Crippen LogP contribution in [0.1, 0.15) is 49.2 Å². The van der Waals surface area contributed by atoms with Gasteiger partial charge in [0, 0.05) is 29.9 Å². The molecule has 0 spiro atoms. The third-order valence-electron chi connectivity index (χ3n) is 5.81. The highest BCUT2D eigenvalue weighted by atomic mass is 32.1. The molecule has 1 unspecified atom stereocenters. The maximum absolute atomic E-state index is 11.6. The van der Waals surface area contributed by atoms with Crippen LogP contribution in [0.15, 0.2) is 48.7 Å². The molecule has 1 amide bonds. The average Bonchev–Trinajstić information content (AvgIpc) is 3.35. The molecular formula is C25H25N5OS. The molecule has 1 N–H and O–H groups in total. The molecule has 6 nitrogen and oxygen atoms in total. The topological polar surface area (TPSA) is 72.7 Å². The molecule has 5 rings (SSSR count). The Morgan fingerprint density at radius 2 is 2.03 bits per heavy atom. The first-order valence-corrected chi connectivity index (χ1v) is 11.7. The summed E-state index contributed by atoms with van der Waals surface area (Å²) in [5, 5.41) is 8.60. The molecule has 0 bridgehead atoms. The molecule has 0 fully saturated rings. The number of fused-ring (bicyclic) bond motifs is 3. The minimum absolute atomic E-state index is 0.107. The summed E-state index contributed by atoms with van der Waals surface area (Å²) in [6, 6.07) is 14.6. The number of nitrogens with zero attached hydrogens (tertiary/aromatic N) is 4. The zero-order valence-corrected chi connectivity index (χ0v) is 19.2. The lowest BCUT2D eigenvalue weighted by Crippen LogP contribution is -2.11. The van der Waals surface area contributed by atoms with Gasteiger partial charge in [-0.25, -0.2) is 4.98 Å². The fraction of sp³-hybridized carbons (Fsp3) is 0.280. The number of aromatic nitrogens is 4. The number of rotatable bonds is 5. The fourth-order valence-corrected chi connectivity index (χ4v) is 5.41. The Morgan fingerprint density at radius 3 is 2.72 bits per heavy atom. The Morgan fingerprint density at radius 1 is 1.22 bits per heavy atom. The van der Waals surface area contributed by atoms with E-state index < -0.39 is 0 Å². The van der Waals surface area contributed by atoms with Gasteiger partial charge < -0.3 is 5.32 Å². The zero-order valence-electron chi connectivity index (χ0n) is 18.4. The van der Waals surface area contributed by atoms with Crippen LogP contribution in [0.5, 0.6) is 0 Å². The summed E-state index contributed by atoms with van der Waals surface area (Å²) in [7, 11) is 0. The number of amides is 1. The zero-order chi connectivity index (χ0) is 22.2. The number of hydrogen-bond donors (Lipinski definition) is 1. The Labute approximate surface area is 191 Å². The van der Waals surface area contributed by atoms with Crippen LogP contribution in [-0.2, 0) is 24.2 Å². The SMILES string of the molecule is CCc1ccc(-c2nn(Cc3ccccc3)c3c2C(C)Cc2nc(NC(C)=O)sc2-3)cn1. The van der Waals surface area contributed by atoms with Crippen molar-refractivity contribution in [1.29, 1.82) is 0 Å². The second kappa shape index (κ2) is 8.31. The lowest BCUT2D eigenvalue weighted by molar-refractivity contribution is -0.114. The number of hydrogen-bond acceptors (Lipinski definition) is 5. The van der Waals surface area contributed by atoms with Crippen LogP contribution in [0.3, 0.4) is 0 Å². The molecule has 3 heterocycles. The highest BCUT2D eigenvalue weighted by Crippen LogP contribution is 2.47. The molecule has 4 aromatic rings. The van der Waals surface area contributed by atoms with E-state index in [4.69, 9.17) is 10.1 Å². The Kier molecular flexibility index (Phi) is 5.35. The number of benzene rings is 1. The van der Waals surface area contributed by atoms with Crippen molar-refractivity contribution < 1.29 is 4.79 Å². The van der Waals surface area contributed by atoms with E-state index in [0.717, 1.165) is 46.1 Å². The van der Waals surface area contributed by atoms with Crippen molar-refractivity contribution in [3.8, 4) is 21.8 Å². The van der Waals surface area contributed by atoms with Crippen molar-refractivity contribution in [2.24, 2.45) is 0 Å². The molecule has 0 aliphatic heterocycles. The maximum atomic E-state index is 11.6. The number of anilines is 1. The van der Waals surface area contributed by atoms with Gasteiger partial charge in [-0.15, -0.1) is 0 Å². The summed E-state index contributed by atoms with van der Waals surface area (Å²) in [4.78, 5) is 22.1. The first-order chi connectivity index (χ1) is 15.5. The smallest absolute Gasteiger partial charge is 0.223 e. The molecule has 1 aliphatic rings. The summed E-state index contributed by atoms with van der Waals surface area (Å²) in [6.45, 7) is 6.52. The van der Waals surface area contributed by atoms with Crippen molar-refractivity contribution >= 4 is 22.4 Å².